The zero-order valence-electron chi connectivity index (χ0n) is 17.3. The molecule has 10 nitrogen and oxygen atoms in total. The molecule has 0 radical (unpaired) electrons. The molecule has 0 bridgehead atoms. The van der Waals surface area contributed by atoms with Gasteiger partial charge in [0.25, 0.3) is 11.8 Å². The van der Waals surface area contributed by atoms with Crippen LogP contribution in [-0.4, -0.2) is 70.7 Å². The lowest BCUT2D eigenvalue weighted by Crippen LogP contribution is -2.53. The Kier molecular flexibility index (Phi) is 6.53. The van der Waals surface area contributed by atoms with Gasteiger partial charge in [-0.1, -0.05) is 6.92 Å². The first kappa shape index (κ1) is 21.9. The lowest BCUT2D eigenvalue weighted by Gasteiger charge is -2.32. The number of likely N-dealkylation sites (tertiary alicyclic amines) is 1. The molecule has 0 unspecified atom stereocenters. The average molecular weight is 397 g/mol. The fraction of sp³-hybridized carbons (Fsp3) is 0.778. The van der Waals surface area contributed by atoms with E-state index in [4.69, 9.17) is 4.74 Å². The minimum absolute atomic E-state index is 0.00893. The molecular weight excluding hydrogens is 366 g/mol. The topological polar surface area (TPSA) is 120 Å². The molecule has 158 valence electrons. The van der Waals surface area contributed by atoms with Gasteiger partial charge in [0.05, 0.1) is 6.54 Å². The van der Waals surface area contributed by atoms with E-state index in [-0.39, 0.29) is 12.6 Å². The highest BCUT2D eigenvalue weighted by Gasteiger charge is 2.47. The van der Waals surface area contributed by atoms with E-state index in [1.807, 2.05) is 25.7 Å². The Morgan fingerprint density at radius 2 is 1.86 bits per heavy atom. The number of amides is 5. The Labute approximate surface area is 165 Å². The van der Waals surface area contributed by atoms with E-state index < -0.39 is 35.1 Å². The molecule has 0 aromatic heterocycles. The molecular formula is C18H31N5O5. The van der Waals surface area contributed by atoms with Gasteiger partial charge in [-0.15, -0.1) is 0 Å². The number of carbonyl (C=O) groups is 4. The van der Waals surface area contributed by atoms with Gasteiger partial charge in [0.15, 0.2) is 0 Å². The number of carbonyl (C=O) groups excluding carboxylic acids is 4. The number of nitrogens with zero attached hydrogens (tertiary/aromatic N) is 2. The number of imide groups is 1. The lowest BCUT2D eigenvalue weighted by atomic mass is 10.00. The van der Waals surface area contributed by atoms with E-state index in [0.29, 0.717) is 32.4 Å². The van der Waals surface area contributed by atoms with Crippen LogP contribution in [0.1, 0.15) is 53.9 Å². The first-order valence-corrected chi connectivity index (χ1v) is 9.61. The largest absolute Gasteiger partial charge is 0.444 e. The highest BCUT2D eigenvalue weighted by Crippen LogP contribution is 2.19. The summed E-state index contributed by atoms with van der Waals surface area (Å²) in [6.45, 7) is 10.1. The third kappa shape index (κ3) is 5.57. The number of hydrogen-bond acceptors (Lipinski definition) is 6. The van der Waals surface area contributed by atoms with Crippen molar-refractivity contribution in [3.8, 4) is 0 Å². The zero-order chi connectivity index (χ0) is 21.1. The summed E-state index contributed by atoms with van der Waals surface area (Å²) in [6.07, 6.45) is 1.36. The molecule has 2 heterocycles. The Morgan fingerprint density at radius 1 is 1.25 bits per heavy atom. The van der Waals surface area contributed by atoms with Crippen molar-refractivity contribution in [2.24, 2.45) is 0 Å². The van der Waals surface area contributed by atoms with Crippen molar-refractivity contribution in [3.05, 3.63) is 0 Å². The fourth-order valence-electron chi connectivity index (χ4n) is 3.10. The first-order chi connectivity index (χ1) is 12.9. The lowest BCUT2D eigenvalue weighted by molar-refractivity contribution is -0.139. The second-order valence-electron chi connectivity index (χ2n) is 8.49. The van der Waals surface area contributed by atoms with Gasteiger partial charge in [0, 0.05) is 19.1 Å². The summed E-state index contributed by atoms with van der Waals surface area (Å²) in [5.74, 6) is -0.893. The molecule has 2 saturated heterocycles. The highest BCUT2D eigenvalue weighted by molar-refractivity contribution is 6.07. The number of urea groups is 1. The summed E-state index contributed by atoms with van der Waals surface area (Å²) in [4.78, 5) is 50.3. The number of hydrazine groups is 1. The van der Waals surface area contributed by atoms with Crippen molar-refractivity contribution in [3.63, 3.8) is 0 Å². The van der Waals surface area contributed by atoms with Crippen LogP contribution < -0.4 is 16.1 Å². The Bertz CT molecular complexity index is 639. The molecule has 2 aliphatic heterocycles. The molecule has 10 heteroatoms. The molecule has 28 heavy (non-hydrogen) atoms. The predicted octanol–water partition coefficient (Wildman–Crippen LogP) is 0.727. The third-order valence-electron chi connectivity index (χ3n) is 4.88. The van der Waals surface area contributed by atoms with Crippen LogP contribution >= 0.6 is 0 Å². The molecule has 3 N–H and O–H groups in total. The van der Waals surface area contributed by atoms with Crippen LogP contribution in [0.5, 0.6) is 0 Å². The van der Waals surface area contributed by atoms with Crippen LogP contribution in [0.15, 0.2) is 0 Å². The van der Waals surface area contributed by atoms with E-state index in [0.717, 1.165) is 5.01 Å². The van der Waals surface area contributed by atoms with Gasteiger partial charge in [-0.3, -0.25) is 19.9 Å². The Hall–Kier alpha value is -2.36. The predicted molar refractivity (Wildman–Crippen MR) is 101 cm³/mol. The molecule has 0 spiro atoms. The van der Waals surface area contributed by atoms with Crippen molar-refractivity contribution >= 4 is 23.9 Å². The van der Waals surface area contributed by atoms with Crippen molar-refractivity contribution in [1.29, 1.82) is 0 Å². The summed E-state index contributed by atoms with van der Waals surface area (Å²) < 4.78 is 5.25. The van der Waals surface area contributed by atoms with Crippen LogP contribution in [0.25, 0.3) is 0 Å². The Balaban J connectivity index is 1.76. The first-order valence-electron chi connectivity index (χ1n) is 9.61. The maximum Gasteiger partial charge on any atom is 0.407 e. The second kappa shape index (κ2) is 8.34. The van der Waals surface area contributed by atoms with Gasteiger partial charge in [-0.2, -0.15) is 5.01 Å². The quantitative estimate of drug-likeness (QED) is 0.588. The summed E-state index contributed by atoms with van der Waals surface area (Å²) in [6, 6.07) is -0.631. The number of nitrogens with one attached hydrogen (secondary N) is 3. The molecule has 0 saturated carbocycles. The third-order valence-corrected chi connectivity index (χ3v) is 4.88. The molecule has 2 aliphatic rings. The minimum atomic E-state index is -0.990. The monoisotopic (exact) mass is 397 g/mol. The van der Waals surface area contributed by atoms with Gasteiger partial charge in [0.2, 0.25) is 0 Å². The number of piperidine rings is 1. The second-order valence-corrected chi connectivity index (χ2v) is 8.49. The summed E-state index contributed by atoms with van der Waals surface area (Å²) >= 11 is 0. The van der Waals surface area contributed by atoms with E-state index in [2.05, 4.69) is 16.1 Å². The van der Waals surface area contributed by atoms with Crippen LogP contribution in [0, 0.1) is 0 Å². The molecule has 0 aliphatic carbocycles. The molecule has 2 fully saturated rings. The van der Waals surface area contributed by atoms with Gasteiger partial charge in [0.1, 0.15) is 11.1 Å². The summed E-state index contributed by atoms with van der Waals surface area (Å²) in [7, 11) is 0. The maximum atomic E-state index is 12.3. The van der Waals surface area contributed by atoms with Crippen molar-refractivity contribution < 1.29 is 23.9 Å². The van der Waals surface area contributed by atoms with Gasteiger partial charge in [-0.05, 0) is 47.0 Å². The SMILES string of the molecule is CC[C@]1(C)NC(=O)N(NC(=O)CN2CCC(NC(=O)OC(C)(C)C)CC2)C1=O. The van der Waals surface area contributed by atoms with Gasteiger partial charge >= 0.3 is 12.1 Å². The number of ether oxygens (including phenoxy) is 1. The standard InChI is InChI=1S/C18H31N5O5/c1-6-18(5)14(25)23(15(26)20-18)21-13(24)11-22-9-7-12(8-10-22)19-16(27)28-17(2,3)4/h12H,6-11H2,1-5H3,(H,19,27)(H,20,26)(H,21,24)/t18-/m0/s1. The summed E-state index contributed by atoms with van der Waals surface area (Å²) in [5, 5.41) is 6.18. The van der Waals surface area contributed by atoms with E-state index in [9.17, 15) is 19.2 Å². The number of hydrogen-bond donors (Lipinski definition) is 3. The maximum absolute atomic E-state index is 12.3. The molecule has 0 aromatic carbocycles. The number of rotatable bonds is 5. The van der Waals surface area contributed by atoms with E-state index in [1.54, 1.807) is 13.8 Å². The van der Waals surface area contributed by atoms with E-state index in [1.165, 1.54) is 0 Å². The summed E-state index contributed by atoms with van der Waals surface area (Å²) in [5.41, 5.74) is 0.850. The Morgan fingerprint density at radius 3 is 2.36 bits per heavy atom. The van der Waals surface area contributed by atoms with Crippen LogP contribution in [0.2, 0.25) is 0 Å². The van der Waals surface area contributed by atoms with E-state index >= 15 is 0 Å². The molecule has 0 aromatic rings. The molecule has 2 rings (SSSR count). The smallest absolute Gasteiger partial charge is 0.407 e. The molecule has 5 amide bonds. The normalized spacial score (nSPS) is 24.1. The van der Waals surface area contributed by atoms with Crippen LogP contribution in [0.3, 0.4) is 0 Å². The fourth-order valence-corrected chi connectivity index (χ4v) is 3.10. The average Bonchev–Trinajstić information content (AvgIpc) is 2.79. The van der Waals surface area contributed by atoms with Gasteiger partial charge < -0.3 is 15.4 Å². The van der Waals surface area contributed by atoms with Crippen molar-refractivity contribution in [2.45, 2.75) is 71.1 Å². The van der Waals surface area contributed by atoms with Crippen molar-refractivity contribution in [2.75, 3.05) is 19.6 Å². The zero-order valence-corrected chi connectivity index (χ0v) is 17.3. The van der Waals surface area contributed by atoms with Gasteiger partial charge in [-0.25, -0.2) is 9.59 Å². The van der Waals surface area contributed by atoms with Crippen LogP contribution in [0.4, 0.5) is 9.59 Å². The van der Waals surface area contributed by atoms with Crippen molar-refractivity contribution in [1.82, 2.24) is 26.0 Å². The minimum Gasteiger partial charge on any atom is -0.444 e. The number of alkyl carbamates (subject to hydrolysis) is 1. The van der Waals surface area contributed by atoms with Crippen LogP contribution in [-0.2, 0) is 14.3 Å². The highest BCUT2D eigenvalue weighted by atomic mass is 16.6. The molecule has 1 atom stereocenters.